The van der Waals surface area contributed by atoms with Gasteiger partial charge in [0.15, 0.2) is 11.6 Å². The fourth-order valence-corrected chi connectivity index (χ4v) is 6.44. The smallest absolute Gasteiger partial charge is 0.238 e. The predicted molar refractivity (Wildman–Crippen MR) is 167 cm³/mol. The van der Waals surface area contributed by atoms with E-state index in [1.54, 1.807) is 0 Å². The Morgan fingerprint density at radius 1 is 0.537 bits per heavy atom. The minimum absolute atomic E-state index is 0.0769. The molecule has 0 aliphatic heterocycles. The van der Waals surface area contributed by atoms with Gasteiger partial charge in [-0.2, -0.15) is 9.97 Å². The van der Waals surface area contributed by atoms with Crippen molar-refractivity contribution < 1.29 is 0 Å². The lowest BCUT2D eigenvalue weighted by molar-refractivity contribution is 0.661. The fourth-order valence-electron chi connectivity index (χ4n) is 6.44. The van der Waals surface area contributed by atoms with E-state index in [2.05, 4.69) is 104 Å². The molecule has 2 heterocycles. The van der Waals surface area contributed by atoms with Crippen LogP contribution in [0.5, 0.6) is 0 Å². The highest BCUT2D eigenvalue weighted by Crippen LogP contribution is 2.50. The second-order valence-electron chi connectivity index (χ2n) is 11.5. The van der Waals surface area contributed by atoms with Gasteiger partial charge in [-0.3, -0.25) is 4.57 Å². The standard InChI is InChI=1S/C37H28N4/c1-23-18-19-32-28(20-23)29-21-31-27(26-16-10-11-17-30(26)37(31,2)3)22-33(29)41(32)36-39-34(24-12-6-4-7-13-24)38-35(40-36)25-14-8-5-9-15-25/h4-22H,1-3H3. The van der Waals surface area contributed by atoms with Gasteiger partial charge >= 0.3 is 0 Å². The summed E-state index contributed by atoms with van der Waals surface area (Å²) < 4.78 is 2.22. The number of fused-ring (bicyclic) bond motifs is 6. The third kappa shape index (κ3) is 3.57. The van der Waals surface area contributed by atoms with E-state index in [-0.39, 0.29) is 5.41 Å². The first kappa shape index (κ1) is 23.8. The van der Waals surface area contributed by atoms with Gasteiger partial charge < -0.3 is 0 Å². The molecule has 0 fully saturated rings. The molecule has 0 saturated heterocycles. The summed E-state index contributed by atoms with van der Waals surface area (Å²) >= 11 is 0. The number of rotatable bonds is 3. The van der Waals surface area contributed by atoms with Crippen LogP contribution >= 0.6 is 0 Å². The van der Waals surface area contributed by atoms with Crippen molar-refractivity contribution in [2.45, 2.75) is 26.2 Å². The SMILES string of the molecule is Cc1ccc2c(c1)c1cc3c(cc1n2-c1nc(-c2ccccc2)nc(-c2ccccc2)n1)-c1ccccc1C3(C)C. The molecule has 41 heavy (non-hydrogen) atoms. The van der Waals surface area contributed by atoms with Gasteiger partial charge in [-0.1, -0.05) is 110 Å². The van der Waals surface area contributed by atoms with Crippen LogP contribution in [0.4, 0.5) is 0 Å². The maximum Gasteiger partial charge on any atom is 0.238 e. The number of benzene rings is 5. The van der Waals surface area contributed by atoms with Crippen LogP contribution < -0.4 is 0 Å². The summed E-state index contributed by atoms with van der Waals surface area (Å²) in [5.74, 6) is 1.93. The maximum absolute atomic E-state index is 5.10. The molecule has 0 bridgehead atoms. The van der Waals surface area contributed by atoms with Crippen molar-refractivity contribution in [2.24, 2.45) is 0 Å². The number of hydrogen-bond acceptors (Lipinski definition) is 3. The summed E-state index contributed by atoms with van der Waals surface area (Å²) in [6.45, 7) is 6.82. The topological polar surface area (TPSA) is 43.6 Å². The summed E-state index contributed by atoms with van der Waals surface area (Å²) in [4.78, 5) is 15.1. The Morgan fingerprint density at radius 2 is 1.15 bits per heavy atom. The van der Waals surface area contributed by atoms with Crippen LogP contribution in [0, 0.1) is 6.92 Å². The Morgan fingerprint density at radius 3 is 1.83 bits per heavy atom. The number of nitrogens with zero attached hydrogens (tertiary/aromatic N) is 4. The first-order chi connectivity index (χ1) is 20.0. The van der Waals surface area contributed by atoms with E-state index in [0.717, 1.165) is 22.2 Å². The minimum atomic E-state index is -0.0769. The molecule has 0 radical (unpaired) electrons. The molecule has 0 amide bonds. The van der Waals surface area contributed by atoms with Crippen molar-refractivity contribution >= 4 is 21.8 Å². The van der Waals surface area contributed by atoms with Crippen LogP contribution in [0.1, 0.15) is 30.5 Å². The van der Waals surface area contributed by atoms with E-state index >= 15 is 0 Å². The van der Waals surface area contributed by atoms with E-state index in [4.69, 9.17) is 15.0 Å². The van der Waals surface area contributed by atoms with Gasteiger partial charge in [0.1, 0.15) is 0 Å². The molecule has 196 valence electrons. The Hall–Kier alpha value is -5.09. The van der Waals surface area contributed by atoms with Crippen LogP contribution in [0.25, 0.3) is 61.7 Å². The summed E-state index contributed by atoms with van der Waals surface area (Å²) in [6.07, 6.45) is 0. The van der Waals surface area contributed by atoms with Crippen molar-refractivity contribution in [2.75, 3.05) is 0 Å². The van der Waals surface area contributed by atoms with Crippen molar-refractivity contribution in [1.29, 1.82) is 0 Å². The Bertz CT molecular complexity index is 2070. The third-order valence-electron chi connectivity index (χ3n) is 8.51. The minimum Gasteiger partial charge on any atom is -0.278 e. The van der Waals surface area contributed by atoms with Crippen molar-refractivity contribution in [3.63, 3.8) is 0 Å². The van der Waals surface area contributed by atoms with Crippen LogP contribution in [-0.2, 0) is 5.41 Å². The first-order valence-corrected chi connectivity index (χ1v) is 14.1. The quantitative estimate of drug-likeness (QED) is 0.230. The molecular weight excluding hydrogens is 500 g/mol. The highest BCUT2D eigenvalue weighted by molar-refractivity contribution is 6.11. The van der Waals surface area contributed by atoms with Gasteiger partial charge in [-0.25, -0.2) is 4.98 Å². The summed E-state index contributed by atoms with van der Waals surface area (Å²) in [5, 5.41) is 2.42. The van der Waals surface area contributed by atoms with E-state index < -0.39 is 0 Å². The second kappa shape index (κ2) is 8.70. The first-order valence-electron chi connectivity index (χ1n) is 14.1. The van der Waals surface area contributed by atoms with Crippen LogP contribution in [0.3, 0.4) is 0 Å². The van der Waals surface area contributed by atoms with Gasteiger partial charge in [0.2, 0.25) is 5.95 Å². The zero-order valence-corrected chi connectivity index (χ0v) is 23.3. The van der Waals surface area contributed by atoms with E-state index in [0.29, 0.717) is 17.6 Å². The van der Waals surface area contributed by atoms with Crippen LogP contribution in [0.2, 0.25) is 0 Å². The Kier molecular flexibility index (Phi) is 5.05. The molecule has 0 saturated carbocycles. The maximum atomic E-state index is 5.10. The molecule has 0 spiro atoms. The average molecular weight is 529 g/mol. The molecule has 1 aliphatic rings. The molecule has 5 aromatic carbocycles. The fraction of sp³-hybridized carbons (Fsp3) is 0.108. The zero-order chi connectivity index (χ0) is 27.7. The van der Waals surface area contributed by atoms with Gasteiger partial charge in [-0.15, -0.1) is 0 Å². The molecule has 4 heteroatoms. The third-order valence-corrected chi connectivity index (χ3v) is 8.51. The van der Waals surface area contributed by atoms with Crippen molar-refractivity contribution in [3.05, 3.63) is 132 Å². The van der Waals surface area contributed by atoms with Gasteiger partial charge in [0.25, 0.3) is 0 Å². The van der Waals surface area contributed by atoms with Crippen molar-refractivity contribution in [3.8, 4) is 39.9 Å². The van der Waals surface area contributed by atoms with Crippen LogP contribution in [-0.4, -0.2) is 19.5 Å². The van der Waals surface area contributed by atoms with Crippen molar-refractivity contribution in [1.82, 2.24) is 19.5 Å². The lowest BCUT2D eigenvalue weighted by Gasteiger charge is -2.21. The van der Waals surface area contributed by atoms with Gasteiger partial charge in [0.05, 0.1) is 11.0 Å². The molecule has 0 N–H and O–H groups in total. The molecule has 2 aromatic heterocycles. The number of aryl methyl sites for hydroxylation is 1. The zero-order valence-electron chi connectivity index (χ0n) is 23.3. The number of aromatic nitrogens is 4. The highest BCUT2D eigenvalue weighted by atomic mass is 15.2. The lowest BCUT2D eigenvalue weighted by atomic mass is 9.82. The summed E-state index contributed by atoms with van der Waals surface area (Å²) in [5.41, 5.74) is 10.6. The molecule has 4 nitrogen and oxygen atoms in total. The van der Waals surface area contributed by atoms with Crippen LogP contribution in [0.15, 0.2) is 115 Å². The molecule has 0 unspecified atom stereocenters. The highest BCUT2D eigenvalue weighted by Gasteiger charge is 2.36. The molecule has 8 rings (SSSR count). The lowest BCUT2D eigenvalue weighted by Crippen LogP contribution is -2.14. The molecular formula is C37H28N4. The Balaban J connectivity index is 1.48. The molecule has 7 aromatic rings. The summed E-state index contributed by atoms with van der Waals surface area (Å²) in [6, 6.07) is 40.5. The predicted octanol–water partition coefficient (Wildman–Crippen LogP) is 8.92. The normalized spacial score (nSPS) is 13.4. The second-order valence-corrected chi connectivity index (χ2v) is 11.5. The van der Waals surface area contributed by atoms with E-state index in [1.165, 1.54) is 38.6 Å². The molecule has 1 aliphatic carbocycles. The largest absolute Gasteiger partial charge is 0.278 e. The summed E-state index contributed by atoms with van der Waals surface area (Å²) in [7, 11) is 0. The van der Waals surface area contributed by atoms with Gasteiger partial charge in [0, 0.05) is 27.3 Å². The van der Waals surface area contributed by atoms with E-state index in [9.17, 15) is 0 Å². The van der Waals surface area contributed by atoms with Gasteiger partial charge in [-0.05, 0) is 53.4 Å². The average Bonchev–Trinajstić information content (AvgIpc) is 3.45. The monoisotopic (exact) mass is 528 g/mol. The van der Waals surface area contributed by atoms with E-state index in [1.807, 2.05) is 36.4 Å². The molecule has 0 atom stereocenters. The Labute approximate surface area is 239 Å². The number of hydrogen-bond donors (Lipinski definition) is 0.